The van der Waals surface area contributed by atoms with Gasteiger partial charge >= 0.3 is 5.97 Å². The Morgan fingerprint density at radius 2 is 2.26 bits per heavy atom. The van der Waals surface area contributed by atoms with Crippen LogP contribution in [0, 0.1) is 11.8 Å². The summed E-state index contributed by atoms with van der Waals surface area (Å²) in [5.41, 5.74) is 2.17. The molecule has 0 spiro atoms. The number of rotatable bonds is 2. The standard InChI is InChI=1S/C21H26N2O4/c1-11(24)15-7-12-9-21(20(26)27-2)18-14(5-6-23(10-12)19(15)21)16-8-13(25)3-4-17(16)22-18/h3-4,8,11-12,15,19,22,24-25H,5-7,9-10H2,1-2H3. The molecule has 6 nitrogen and oxygen atoms in total. The third-order valence-electron chi connectivity index (χ3n) is 7.17. The van der Waals surface area contributed by atoms with Gasteiger partial charge in [-0.15, -0.1) is 0 Å². The second-order valence-corrected chi connectivity index (χ2v) is 8.57. The van der Waals surface area contributed by atoms with Gasteiger partial charge in [0.1, 0.15) is 11.2 Å². The fraction of sp³-hybridized carbons (Fsp3) is 0.571. The number of phenols is 1. The molecule has 4 heterocycles. The van der Waals surface area contributed by atoms with Gasteiger partial charge in [0.05, 0.1) is 13.2 Å². The van der Waals surface area contributed by atoms with Crippen LogP contribution in [0.2, 0.25) is 0 Å². The molecule has 1 aromatic heterocycles. The van der Waals surface area contributed by atoms with E-state index in [0.29, 0.717) is 5.92 Å². The van der Waals surface area contributed by atoms with Crippen molar-refractivity contribution >= 4 is 16.9 Å². The van der Waals surface area contributed by atoms with E-state index in [4.69, 9.17) is 4.74 Å². The van der Waals surface area contributed by atoms with Gasteiger partial charge in [0.15, 0.2) is 0 Å². The fourth-order valence-electron chi connectivity index (χ4n) is 6.27. The number of nitrogens with zero attached hydrogens (tertiary/aromatic N) is 1. The number of hydrogen-bond acceptors (Lipinski definition) is 5. The number of hydrogen-bond donors (Lipinski definition) is 3. The molecule has 0 amide bonds. The number of aliphatic hydroxyl groups is 1. The van der Waals surface area contributed by atoms with Crippen molar-refractivity contribution in [2.45, 2.75) is 43.7 Å². The smallest absolute Gasteiger partial charge is 0.319 e. The molecule has 1 aromatic carbocycles. The summed E-state index contributed by atoms with van der Waals surface area (Å²) in [6.45, 7) is 3.66. The fourth-order valence-corrected chi connectivity index (χ4v) is 6.27. The van der Waals surface area contributed by atoms with Crippen molar-refractivity contribution in [1.29, 1.82) is 0 Å². The van der Waals surface area contributed by atoms with E-state index in [1.54, 1.807) is 12.1 Å². The third kappa shape index (κ3) is 2.17. The lowest BCUT2D eigenvalue weighted by Crippen LogP contribution is -2.68. The van der Waals surface area contributed by atoms with E-state index >= 15 is 0 Å². The number of carbonyl (C=O) groups excluding carboxylic acids is 1. The summed E-state index contributed by atoms with van der Waals surface area (Å²) in [5.74, 6) is 0.417. The summed E-state index contributed by atoms with van der Waals surface area (Å²) in [6, 6.07) is 5.25. The van der Waals surface area contributed by atoms with Gasteiger partial charge < -0.3 is 19.9 Å². The monoisotopic (exact) mass is 370 g/mol. The number of ether oxygens (including phenoxy) is 1. The minimum Gasteiger partial charge on any atom is -0.508 e. The molecule has 3 fully saturated rings. The first-order valence-electron chi connectivity index (χ1n) is 9.80. The summed E-state index contributed by atoms with van der Waals surface area (Å²) in [5, 5.41) is 21.5. The molecule has 1 saturated carbocycles. The summed E-state index contributed by atoms with van der Waals surface area (Å²) in [7, 11) is 1.46. The van der Waals surface area contributed by atoms with Gasteiger partial charge in [0, 0.05) is 41.6 Å². The van der Waals surface area contributed by atoms with Crippen LogP contribution >= 0.6 is 0 Å². The zero-order valence-corrected chi connectivity index (χ0v) is 15.7. The van der Waals surface area contributed by atoms with Crippen molar-refractivity contribution in [3.05, 3.63) is 29.5 Å². The van der Waals surface area contributed by atoms with Crippen molar-refractivity contribution in [3.8, 4) is 5.75 Å². The van der Waals surface area contributed by atoms with Crippen molar-refractivity contribution in [2.75, 3.05) is 20.2 Å². The molecule has 27 heavy (non-hydrogen) atoms. The highest BCUT2D eigenvalue weighted by atomic mass is 16.5. The predicted octanol–water partition coefficient (Wildman–Crippen LogP) is 1.93. The predicted molar refractivity (Wildman–Crippen MR) is 101 cm³/mol. The number of H-pyrrole nitrogens is 1. The number of aromatic nitrogens is 1. The van der Waals surface area contributed by atoms with Gasteiger partial charge in [-0.05, 0) is 55.9 Å². The van der Waals surface area contributed by atoms with Gasteiger partial charge in [0.2, 0.25) is 0 Å². The number of phenolic OH excluding ortho intramolecular Hbond substituents is 1. The summed E-state index contributed by atoms with van der Waals surface area (Å²) in [6.07, 6.45) is 2.04. The van der Waals surface area contributed by atoms with Gasteiger partial charge in [0.25, 0.3) is 0 Å². The molecule has 4 bridgehead atoms. The first kappa shape index (κ1) is 17.1. The van der Waals surface area contributed by atoms with Crippen LogP contribution in [0.5, 0.6) is 5.75 Å². The highest BCUT2D eigenvalue weighted by Gasteiger charge is 2.63. The largest absolute Gasteiger partial charge is 0.508 e. The molecular weight excluding hydrogens is 344 g/mol. The number of aromatic amines is 1. The van der Waals surface area contributed by atoms with Gasteiger partial charge in [-0.2, -0.15) is 0 Å². The summed E-state index contributed by atoms with van der Waals surface area (Å²) < 4.78 is 5.36. The maximum atomic E-state index is 13.3. The van der Waals surface area contributed by atoms with Crippen molar-refractivity contribution < 1.29 is 19.7 Å². The average Bonchev–Trinajstić information content (AvgIpc) is 2.98. The van der Waals surface area contributed by atoms with Crippen LogP contribution in [0.1, 0.15) is 31.0 Å². The Bertz CT molecular complexity index is 920. The van der Waals surface area contributed by atoms with Crippen LogP contribution < -0.4 is 0 Å². The minimum absolute atomic E-state index is 0.0439. The Morgan fingerprint density at radius 3 is 3.00 bits per heavy atom. The maximum absolute atomic E-state index is 13.3. The molecule has 4 aliphatic rings. The van der Waals surface area contributed by atoms with Crippen molar-refractivity contribution in [3.63, 3.8) is 0 Å². The lowest BCUT2D eigenvalue weighted by molar-refractivity contribution is -0.166. The van der Waals surface area contributed by atoms with Gasteiger partial charge in [-0.1, -0.05) is 0 Å². The van der Waals surface area contributed by atoms with Crippen molar-refractivity contribution in [2.24, 2.45) is 11.8 Å². The van der Waals surface area contributed by atoms with E-state index in [-0.39, 0.29) is 23.7 Å². The van der Waals surface area contributed by atoms with E-state index in [1.165, 1.54) is 7.11 Å². The molecule has 0 radical (unpaired) electrons. The second kappa shape index (κ2) is 5.72. The lowest BCUT2D eigenvalue weighted by Gasteiger charge is -2.58. The highest BCUT2D eigenvalue weighted by molar-refractivity contribution is 5.92. The Kier molecular flexibility index (Phi) is 3.62. The van der Waals surface area contributed by atoms with E-state index in [1.807, 2.05) is 13.0 Å². The Labute approximate surface area is 158 Å². The molecule has 6 unspecified atom stereocenters. The lowest BCUT2D eigenvalue weighted by atomic mass is 9.56. The average molecular weight is 370 g/mol. The number of aromatic hydroxyl groups is 1. The molecule has 1 aliphatic carbocycles. The first-order chi connectivity index (χ1) is 13.0. The minimum atomic E-state index is -0.794. The molecular formula is C21H26N2O4. The highest BCUT2D eigenvalue weighted by Crippen LogP contribution is 2.55. The molecule has 6 rings (SSSR count). The van der Waals surface area contributed by atoms with Crippen LogP contribution in [-0.2, 0) is 21.4 Å². The Hall–Kier alpha value is -2.05. The number of nitrogens with one attached hydrogen (secondary N) is 1. The van der Waals surface area contributed by atoms with Gasteiger partial charge in [-0.25, -0.2) is 0 Å². The number of carbonyl (C=O) groups is 1. The number of methoxy groups -OCH3 is 1. The molecule has 2 saturated heterocycles. The third-order valence-corrected chi connectivity index (χ3v) is 7.17. The number of fused-ring (bicyclic) bond motifs is 4. The van der Waals surface area contributed by atoms with Crippen LogP contribution in [0.3, 0.4) is 0 Å². The second-order valence-electron chi connectivity index (χ2n) is 8.57. The quantitative estimate of drug-likeness (QED) is 0.704. The molecule has 3 aliphatic heterocycles. The van der Waals surface area contributed by atoms with Crippen molar-refractivity contribution in [1.82, 2.24) is 9.88 Å². The summed E-state index contributed by atoms with van der Waals surface area (Å²) >= 11 is 0. The number of aliphatic hydroxyl groups excluding tert-OH is 1. The van der Waals surface area contributed by atoms with E-state index in [0.717, 1.165) is 54.5 Å². The molecule has 3 N–H and O–H groups in total. The maximum Gasteiger partial charge on any atom is 0.319 e. The zero-order chi connectivity index (χ0) is 18.9. The summed E-state index contributed by atoms with van der Waals surface area (Å²) in [4.78, 5) is 19.2. The van der Waals surface area contributed by atoms with E-state index in [9.17, 15) is 15.0 Å². The molecule has 6 atom stereocenters. The number of esters is 1. The van der Waals surface area contributed by atoms with Crippen LogP contribution in [0.15, 0.2) is 18.2 Å². The van der Waals surface area contributed by atoms with E-state index < -0.39 is 11.5 Å². The Balaban J connectivity index is 1.80. The topological polar surface area (TPSA) is 85.8 Å². The molecule has 6 heteroatoms. The van der Waals surface area contributed by atoms with Crippen LogP contribution in [0.4, 0.5) is 0 Å². The normalized spacial score (nSPS) is 35.5. The number of benzene rings is 1. The van der Waals surface area contributed by atoms with Crippen LogP contribution in [0.25, 0.3) is 10.9 Å². The van der Waals surface area contributed by atoms with Crippen LogP contribution in [-0.4, -0.2) is 58.4 Å². The van der Waals surface area contributed by atoms with Gasteiger partial charge in [-0.3, -0.25) is 9.69 Å². The molecule has 144 valence electrons. The molecule has 2 aromatic rings. The Morgan fingerprint density at radius 1 is 1.44 bits per heavy atom. The number of piperidine rings is 2. The first-order valence-corrected chi connectivity index (χ1v) is 9.80. The zero-order valence-electron chi connectivity index (χ0n) is 15.7. The SMILES string of the molecule is COC(=O)C12CC3CC(C(C)O)C1N(CCc1c2[nH]c2ccc(O)cc12)C3. The van der Waals surface area contributed by atoms with E-state index in [2.05, 4.69) is 9.88 Å².